The molecule has 0 saturated carbocycles. The third-order valence-corrected chi connectivity index (χ3v) is 4.65. The zero-order chi connectivity index (χ0) is 15.1. The standard InChI is InChI=1S/C16H19NO3S/c18-15-9-11-16(12-10-15)21(19,20)17-13-5-4-8-14-6-2-1-3-7-14/h1-3,6-7,9-12,17-18H,4-5,8,13H2. The van der Waals surface area contributed by atoms with Crippen molar-refractivity contribution in [1.82, 2.24) is 4.72 Å². The molecule has 21 heavy (non-hydrogen) atoms. The van der Waals surface area contributed by atoms with Gasteiger partial charge in [0, 0.05) is 6.54 Å². The van der Waals surface area contributed by atoms with Gasteiger partial charge < -0.3 is 5.11 Å². The topological polar surface area (TPSA) is 66.4 Å². The number of unbranched alkanes of at least 4 members (excludes halogenated alkanes) is 1. The van der Waals surface area contributed by atoms with Gasteiger partial charge in [-0.1, -0.05) is 30.3 Å². The van der Waals surface area contributed by atoms with Crippen LogP contribution in [0, 0.1) is 0 Å². The van der Waals surface area contributed by atoms with Gasteiger partial charge in [-0.15, -0.1) is 0 Å². The van der Waals surface area contributed by atoms with Crippen molar-refractivity contribution in [3.8, 4) is 5.75 Å². The molecular formula is C16H19NO3S. The zero-order valence-electron chi connectivity index (χ0n) is 11.7. The first-order chi connectivity index (χ1) is 10.1. The lowest BCUT2D eigenvalue weighted by Crippen LogP contribution is -2.24. The molecule has 0 aliphatic carbocycles. The predicted molar refractivity (Wildman–Crippen MR) is 82.7 cm³/mol. The fourth-order valence-electron chi connectivity index (χ4n) is 2.01. The van der Waals surface area contributed by atoms with E-state index in [4.69, 9.17) is 5.11 Å². The van der Waals surface area contributed by atoms with E-state index in [0.717, 1.165) is 19.3 Å². The molecule has 2 aromatic carbocycles. The average molecular weight is 305 g/mol. The first kappa shape index (κ1) is 15.5. The molecule has 0 aliphatic rings. The molecule has 112 valence electrons. The van der Waals surface area contributed by atoms with Gasteiger partial charge in [0.25, 0.3) is 0 Å². The molecule has 0 spiro atoms. The smallest absolute Gasteiger partial charge is 0.240 e. The third kappa shape index (κ3) is 4.88. The van der Waals surface area contributed by atoms with Crippen LogP contribution in [0.5, 0.6) is 5.75 Å². The molecule has 4 nitrogen and oxygen atoms in total. The minimum Gasteiger partial charge on any atom is -0.508 e. The van der Waals surface area contributed by atoms with Crippen molar-refractivity contribution >= 4 is 10.0 Å². The summed E-state index contributed by atoms with van der Waals surface area (Å²) >= 11 is 0. The number of sulfonamides is 1. The van der Waals surface area contributed by atoms with Crippen molar-refractivity contribution in [2.75, 3.05) is 6.54 Å². The monoisotopic (exact) mass is 305 g/mol. The number of nitrogens with one attached hydrogen (secondary N) is 1. The van der Waals surface area contributed by atoms with Crippen LogP contribution in [-0.2, 0) is 16.4 Å². The average Bonchev–Trinajstić information content (AvgIpc) is 2.48. The largest absolute Gasteiger partial charge is 0.508 e. The van der Waals surface area contributed by atoms with Crippen LogP contribution in [0.1, 0.15) is 18.4 Å². The molecule has 0 amide bonds. The number of hydrogen-bond acceptors (Lipinski definition) is 3. The number of aromatic hydroxyl groups is 1. The second-order valence-corrected chi connectivity index (χ2v) is 6.60. The van der Waals surface area contributed by atoms with Gasteiger partial charge in [-0.3, -0.25) is 0 Å². The molecular weight excluding hydrogens is 286 g/mol. The summed E-state index contributed by atoms with van der Waals surface area (Å²) in [4.78, 5) is 0.170. The van der Waals surface area contributed by atoms with E-state index in [-0.39, 0.29) is 10.6 Å². The van der Waals surface area contributed by atoms with Gasteiger partial charge in [-0.2, -0.15) is 0 Å². The lowest BCUT2D eigenvalue weighted by molar-refractivity contribution is 0.474. The van der Waals surface area contributed by atoms with Crippen molar-refractivity contribution in [3.63, 3.8) is 0 Å². The Balaban J connectivity index is 1.76. The van der Waals surface area contributed by atoms with E-state index in [1.54, 1.807) is 0 Å². The van der Waals surface area contributed by atoms with Crippen LogP contribution in [0.3, 0.4) is 0 Å². The maximum Gasteiger partial charge on any atom is 0.240 e. The molecule has 2 rings (SSSR count). The Kier molecular flexibility index (Phi) is 5.36. The van der Waals surface area contributed by atoms with Crippen molar-refractivity contribution in [2.24, 2.45) is 0 Å². The molecule has 2 N–H and O–H groups in total. The first-order valence-electron chi connectivity index (χ1n) is 6.90. The van der Waals surface area contributed by atoms with Gasteiger partial charge in [0.15, 0.2) is 0 Å². The highest BCUT2D eigenvalue weighted by atomic mass is 32.2. The minimum atomic E-state index is -3.48. The Morgan fingerprint density at radius 3 is 2.24 bits per heavy atom. The van der Waals surface area contributed by atoms with Crippen LogP contribution in [0.4, 0.5) is 0 Å². The molecule has 2 aromatic rings. The van der Waals surface area contributed by atoms with Crippen molar-refractivity contribution < 1.29 is 13.5 Å². The van der Waals surface area contributed by atoms with E-state index in [9.17, 15) is 8.42 Å². The molecule has 0 radical (unpaired) electrons. The van der Waals surface area contributed by atoms with Crippen LogP contribution < -0.4 is 4.72 Å². The van der Waals surface area contributed by atoms with Gasteiger partial charge in [0.1, 0.15) is 5.75 Å². The van der Waals surface area contributed by atoms with Crippen LogP contribution >= 0.6 is 0 Å². The van der Waals surface area contributed by atoms with Crippen LogP contribution in [-0.4, -0.2) is 20.1 Å². The lowest BCUT2D eigenvalue weighted by Gasteiger charge is -2.07. The summed E-state index contributed by atoms with van der Waals surface area (Å²) in [5, 5.41) is 9.16. The molecule has 0 fully saturated rings. The Labute approximate surface area is 125 Å². The molecule has 0 aliphatic heterocycles. The van der Waals surface area contributed by atoms with E-state index >= 15 is 0 Å². The summed E-state index contributed by atoms with van der Waals surface area (Å²) in [6.45, 7) is 0.413. The van der Waals surface area contributed by atoms with Crippen molar-refractivity contribution in [1.29, 1.82) is 0 Å². The van der Waals surface area contributed by atoms with Crippen LogP contribution in [0.25, 0.3) is 0 Å². The second kappa shape index (κ2) is 7.24. The number of aryl methyl sites for hydroxylation is 1. The highest BCUT2D eigenvalue weighted by molar-refractivity contribution is 7.89. The molecule has 0 unspecified atom stereocenters. The van der Waals surface area contributed by atoms with Gasteiger partial charge in [-0.05, 0) is 49.1 Å². The Morgan fingerprint density at radius 1 is 0.905 bits per heavy atom. The summed E-state index contributed by atoms with van der Waals surface area (Å²) in [5.74, 6) is 0.0526. The highest BCUT2D eigenvalue weighted by Crippen LogP contribution is 2.14. The normalized spacial score (nSPS) is 11.4. The Bertz CT molecular complexity index is 652. The van der Waals surface area contributed by atoms with E-state index < -0.39 is 10.0 Å². The highest BCUT2D eigenvalue weighted by Gasteiger charge is 2.12. The molecule has 0 aromatic heterocycles. The summed E-state index contributed by atoms with van der Waals surface area (Å²) in [6, 6.07) is 15.6. The number of benzene rings is 2. The predicted octanol–water partition coefficient (Wildman–Crippen LogP) is 2.69. The summed E-state index contributed by atoms with van der Waals surface area (Å²) in [5.41, 5.74) is 1.26. The van der Waals surface area contributed by atoms with Crippen molar-refractivity contribution in [3.05, 3.63) is 60.2 Å². The number of hydrogen-bond donors (Lipinski definition) is 2. The first-order valence-corrected chi connectivity index (χ1v) is 8.39. The third-order valence-electron chi connectivity index (χ3n) is 3.17. The minimum absolute atomic E-state index is 0.0526. The maximum atomic E-state index is 12.0. The van der Waals surface area contributed by atoms with Crippen LogP contribution in [0.2, 0.25) is 0 Å². The summed E-state index contributed by atoms with van der Waals surface area (Å²) in [7, 11) is -3.48. The van der Waals surface area contributed by atoms with E-state index in [1.807, 2.05) is 18.2 Å². The summed E-state index contributed by atoms with van der Waals surface area (Å²) in [6.07, 6.45) is 2.66. The second-order valence-electron chi connectivity index (χ2n) is 4.83. The van der Waals surface area contributed by atoms with Gasteiger partial charge in [0.05, 0.1) is 4.90 Å². The lowest BCUT2D eigenvalue weighted by atomic mass is 10.1. The number of rotatable bonds is 7. The SMILES string of the molecule is O=S(=O)(NCCCCc1ccccc1)c1ccc(O)cc1. The maximum absolute atomic E-state index is 12.0. The van der Waals surface area contributed by atoms with E-state index in [1.165, 1.54) is 29.8 Å². The van der Waals surface area contributed by atoms with Gasteiger partial charge in [0.2, 0.25) is 10.0 Å². The fraction of sp³-hybridized carbons (Fsp3) is 0.250. The molecule has 0 bridgehead atoms. The Hall–Kier alpha value is -1.85. The fourth-order valence-corrected chi connectivity index (χ4v) is 3.09. The van der Waals surface area contributed by atoms with E-state index in [0.29, 0.717) is 6.54 Å². The quantitative estimate of drug-likeness (QED) is 0.773. The van der Waals surface area contributed by atoms with Crippen LogP contribution in [0.15, 0.2) is 59.5 Å². The van der Waals surface area contributed by atoms with Gasteiger partial charge in [-0.25, -0.2) is 13.1 Å². The number of phenols is 1. The molecule has 0 saturated heterocycles. The zero-order valence-corrected chi connectivity index (χ0v) is 12.5. The Morgan fingerprint density at radius 2 is 1.57 bits per heavy atom. The molecule has 5 heteroatoms. The number of phenolic OH excluding ortho intramolecular Hbond substituents is 1. The van der Waals surface area contributed by atoms with Gasteiger partial charge >= 0.3 is 0 Å². The molecule has 0 atom stereocenters. The van der Waals surface area contributed by atoms with Crippen molar-refractivity contribution in [2.45, 2.75) is 24.2 Å². The summed E-state index contributed by atoms with van der Waals surface area (Å²) < 4.78 is 26.5. The molecule has 0 heterocycles. The van der Waals surface area contributed by atoms with E-state index in [2.05, 4.69) is 16.9 Å².